The Kier molecular flexibility index (Phi) is 5.94. The van der Waals surface area contributed by atoms with Crippen LogP contribution in [0.3, 0.4) is 0 Å². The molecule has 0 radical (unpaired) electrons. The highest BCUT2D eigenvalue weighted by molar-refractivity contribution is 6.05. The molecule has 0 saturated carbocycles. The summed E-state index contributed by atoms with van der Waals surface area (Å²) >= 11 is 0. The Morgan fingerprint density at radius 1 is 1.03 bits per heavy atom. The lowest BCUT2D eigenvalue weighted by molar-refractivity contribution is 0.0697. The van der Waals surface area contributed by atoms with Crippen LogP contribution in [0, 0.1) is 13.8 Å². The molecular formula is C27H27N5O3. The number of carbonyl (C=O) groups is 2. The minimum atomic E-state index is -1.02. The smallest absolute Gasteiger partial charge is 0.337 e. The molecule has 0 unspecified atom stereocenters. The molecule has 2 aromatic heterocycles. The summed E-state index contributed by atoms with van der Waals surface area (Å²) in [6, 6.07) is 16.5. The maximum atomic E-state index is 12.6. The van der Waals surface area contributed by atoms with Crippen molar-refractivity contribution in [1.82, 2.24) is 14.5 Å². The number of nitrogens with one attached hydrogen (secondary N) is 1. The lowest BCUT2D eigenvalue weighted by Crippen LogP contribution is -2.35. The van der Waals surface area contributed by atoms with Gasteiger partial charge < -0.3 is 19.9 Å². The Labute approximate surface area is 203 Å². The van der Waals surface area contributed by atoms with Crippen LogP contribution in [0.25, 0.3) is 11.2 Å². The standard InChI is InChI=1S/C27H27N5O3/c1-17-5-3-6-19(15-17)26(33)30-20-8-9-24(22(16-20)27(34)35)31-13-10-21(11-14-31)32-18(2)29-23-7-4-12-28-25(23)32/h3-9,12,15-16,21H,10-11,13-14H2,1-2H3,(H,30,33)(H,34,35). The number of benzene rings is 2. The number of pyridine rings is 1. The number of aromatic carboxylic acids is 1. The van der Waals surface area contributed by atoms with Crippen LogP contribution in [-0.4, -0.2) is 44.6 Å². The van der Waals surface area contributed by atoms with Gasteiger partial charge in [0.15, 0.2) is 5.65 Å². The molecule has 35 heavy (non-hydrogen) atoms. The van der Waals surface area contributed by atoms with E-state index in [1.54, 1.807) is 30.5 Å². The second kappa shape index (κ2) is 9.21. The number of hydrogen-bond donors (Lipinski definition) is 2. The molecule has 0 bridgehead atoms. The van der Waals surface area contributed by atoms with E-state index in [4.69, 9.17) is 0 Å². The summed E-state index contributed by atoms with van der Waals surface area (Å²) in [5.74, 6) is -0.346. The van der Waals surface area contributed by atoms with Crippen molar-refractivity contribution in [1.29, 1.82) is 0 Å². The lowest BCUT2D eigenvalue weighted by Gasteiger charge is -2.35. The SMILES string of the molecule is Cc1cccc(C(=O)Nc2ccc(N3CCC(n4c(C)nc5cccnc54)CC3)c(C(=O)O)c2)c1. The first-order valence-corrected chi connectivity index (χ1v) is 11.7. The molecule has 2 aromatic carbocycles. The zero-order valence-electron chi connectivity index (χ0n) is 19.7. The fraction of sp³-hybridized carbons (Fsp3) is 0.259. The second-order valence-corrected chi connectivity index (χ2v) is 8.95. The maximum Gasteiger partial charge on any atom is 0.337 e. The van der Waals surface area contributed by atoms with Crippen molar-refractivity contribution in [3.8, 4) is 0 Å². The van der Waals surface area contributed by atoms with E-state index in [-0.39, 0.29) is 17.5 Å². The van der Waals surface area contributed by atoms with Crippen LogP contribution < -0.4 is 10.2 Å². The Morgan fingerprint density at radius 3 is 2.57 bits per heavy atom. The van der Waals surface area contributed by atoms with Crippen LogP contribution in [-0.2, 0) is 0 Å². The highest BCUT2D eigenvalue weighted by Crippen LogP contribution is 2.32. The van der Waals surface area contributed by atoms with E-state index in [0.29, 0.717) is 30.0 Å². The minimum Gasteiger partial charge on any atom is -0.478 e. The summed E-state index contributed by atoms with van der Waals surface area (Å²) in [5, 5.41) is 12.7. The minimum absolute atomic E-state index is 0.177. The van der Waals surface area contributed by atoms with Gasteiger partial charge in [-0.05, 0) is 69.2 Å². The van der Waals surface area contributed by atoms with Gasteiger partial charge in [0, 0.05) is 36.6 Å². The molecule has 1 aliphatic rings. The number of amides is 1. The predicted octanol–water partition coefficient (Wildman–Crippen LogP) is 4.84. The number of aryl methyl sites for hydroxylation is 2. The number of carboxylic acid groups (broad SMARTS) is 1. The van der Waals surface area contributed by atoms with Crippen LogP contribution >= 0.6 is 0 Å². The van der Waals surface area contributed by atoms with Crippen molar-refractivity contribution < 1.29 is 14.7 Å². The largest absolute Gasteiger partial charge is 0.478 e. The molecule has 0 spiro atoms. The number of imidazole rings is 1. The van der Waals surface area contributed by atoms with Gasteiger partial charge in [-0.15, -0.1) is 0 Å². The van der Waals surface area contributed by atoms with Gasteiger partial charge in [0.25, 0.3) is 5.91 Å². The van der Waals surface area contributed by atoms with Crippen molar-refractivity contribution >= 4 is 34.4 Å². The molecule has 1 aliphatic heterocycles. The van der Waals surface area contributed by atoms with Crippen LogP contribution in [0.15, 0.2) is 60.8 Å². The summed E-state index contributed by atoms with van der Waals surface area (Å²) in [4.78, 5) is 36.0. The Hall–Kier alpha value is -4.20. The van der Waals surface area contributed by atoms with Crippen molar-refractivity contribution in [2.45, 2.75) is 32.7 Å². The molecule has 5 rings (SSSR count). The van der Waals surface area contributed by atoms with E-state index in [2.05, 4.69) is 24.8 Å². The zero-order chi connectivity index (χ0) is 24.5. The van der Waals surface area contributed by atoms with Crippen LogP contribution in [0.2, 0.25) is 0 Å². The topological polar surface area (TPSA) is 100 Å². The molecule has 1 amide bonds. The van der Waals surface area contributed by atoms with Crippen molar-refractivity contribution in [2.75, 3.05) is 23.3 Å². The summed E-state index contributed by atoms with van der Waals surface area (Å²) in [6.07, 6.45) is 3.50. The molecule has 3 heterocycles. The van der Waals surface area contributed by atoms with Gasteiger partial charge in [-0.2, -0.15) is 0 Å². The molecule has 1 fully saturated rings. The third kappa shape index (κ3) is 4.47. The molecule has 8 heteroatoms. The number of hydrogen-bond acceptors (Lipinski definition) is 5. The first-order chi connectivity index (χ1) is 16.9. The van der Waals surface area contributed by atoms with E-state index in [1.165, 1.54) is 6.07 Å². The molecule has 178 valence electrons. The number of fused-ring (bicyclic) bond motifs is 1. The predicted molar refractivity (Wildman–Crippen MR) is 135 cm³/mol. The normalized spacial score (nSPS) is 14.3. The molecule has 1 saturated heterocycles. The second-order valence-electron chi connectivity index (χ2n) is 8.95. The molecule has 4 aromatic rings. The van der Waals surface area contributed by atoms with Gasteiger partial charge in [0.1, 0.15) is 11.3 Å². The van der Waals surface area contributed by atoms with E-state index in [1.807, 2.05) is 38.1 Å². The monoisotopic (exact) mass is 469 g/mol. The van der Waals surface area contributed by atoms with Gasteiger partial charge in [0.2, 0.25) is 0 Å². The summed E-state index contributed by atoms with van der Waals surface area (Å²) in [7, 11) is 0. The average molecular weight is 470 g/mol. The van der Waals surface area contributed by atoms with Crippen LogP contribution in [0.4, 0.5) is 11.4 Å². The van der Waals surface area contributed by atoms with Gasteiger partial charge in [0.05, 0.1) is 11.3 Å². The molecule has 2 N–H and O–H groups in total. The number of aromatic nitrogens is 3. The van der Waals surface area contributed by atoms with E-state index in [0.717, 1.165) is 35.4 Å². The fourth-order valence-electron chi connectivity index (χ4n) is 4.90. The fourth-order valence-corrected chi connectivity index (χ4v) is 4.90. The third-order valence-electron chi connectivity index (χ3n) is 6.56. The van der Waals surface area contributed by atoms with E-state index < -0.39 is 5.97 Å². The number of anilines is 2. The van der Waals surface area contributed by atoms with Crippen LogP contribution in [0.1, 0.15) is 51.0 Å². The van der Waals surface area contributed by atoms with Gasteiger partial charge in [-0.1, -0.05) is 17.7 Å². The van der Waals surface area contributed by atoms with Gasteiger partial charge >= 0.3 is 5.97 Å². The quantitative estimate of drug-likeness (QED) is 0.434. The van der Waals surface area contributed by atoms with Crippen LogP contribution in [0.5, 0.6) is 0 Å². The number of piperidine rings is 1. The molecule has 8 nitrogen and oxygen atoms in total. The zero-order valence-corrected chi connectivity index (χ0v) is 19.7. The Bertz CT molecular complexity index is 1420. The first-order valence-electron chi connectivity index (χ1n) is 11.7. The maximum absolute atomic E-state index is 12.6. The molecular weight excluding hydrogens is 442 g/mol. The summed E-state index contributed by atoms with van der Waals surface area (Å²) in [5.41, 5.74) is 4.60. The number of rotatable bonds is 5. The van der Waals surface area contributed by atoms with E-state index in [9.17, 15) is 14.7 Å². The third-order valence-corrected chi connectivity index (χ3v) is 6.56. The Balaban J connectivity index is 1.33. The lowest BCUT2D eigenvalue weighted by atomic mass is 10.0. The first kappa shape index (κ1) is 22.6. The summed E-state index contributed by atoms with van der Waals surface area (Å²) in [6.45, 7) is 5.35. The van der Waals surface area contributed by atoms with Crippen molar-refractivity contribution in [2.24, 2.45) is 0 Å². The van der Waals surface area contributed by atoms with Crippen molar-refractivity contribution in [3.05, 3.63) is 83.3 Å². The average Bonchev–Trinajstić information content (AvgIpc) is 3.19. The molecule has 0 atom stereocenters. The number of carboxylic acids is 1. The van der Waals surface area contributed by atoms with Gasteiger partial charge in [-0.3, -0.25) is 4.79 Å². The Morgan fingerprint density at radius 2 is 1.83 bits per heavy atom. The van der Waals surface area contributed by atoms with Crippen molar-refractivity contribution in [3.63, 3.8) is 0 Å². The number of nitrogens with zero attached hydrogens (tertiary/aromatic N) is 4. The van der Waals surface area contributed by atoms with Gasteiger partial charge in [-0.25, -0.2) is 14.8 Å². The molecule has 0 aliphatic carbocycles. The summed E-state index contributed by atoms with van der Waals surface area (Å²) < 4.78 is 2.20. The highest BCUT2D eigenvalue weighted by Gasteiger charge is 2.26. The highest BCUT2D eigenvalue weighted by atomic mass is 16.4. The number of carbonyl (C=O) groups excluding carboxylic acids is 1. The van der Waals surface area contributed by atoms with E-state index >= 15 is 0 Å².